The van der Waals surface area contributed by atoms with Gasteiger partial charge in [-0.3, -0.25) is 0 Å². The number of ether oxygens (including phenoxy) is 1. The SMILES string of the molecule is CCC[C@@H](CF)NC(=O)OC(C)(C)C. The van der Waals surface area contributed by atoms with E-state index in [0.717, 1.165) is 6.42 Å². The van der Waals surface area contributed by atoms with Crippen LogP contribution in [0, 0.1) is 0 Å². The molecule has 0 rings (SSSR count). The lowest BCUT2D eigenvalue weighted by molar-refractivity contribution is 0.0493. The zero-order valence-corrected chi connectivity index (χ0v) is 9.39. The van der Waals surface area contributed by atoms with Crippen LogP contribution in [0.3, 0.4) is 0 Å². The molecule has 0 aromatic rings. The first-order valence-electron chi connectivity index (χ1n) is 4.94. The summed E-state index contributed by atoms with van der Waals surface area (Å²) in [6.07, 6.45) is 0.925. The largest absolute Gasteiger partial charge is 0.444 e. The van der Waals surface area contributed by atoms with Crippen molar-refractivity contribution in [3.8, 4) is 0 Å². The molecule has 3 nitrogen and oxygen atoms in total. The van der Waals surface area contributed by atoms with Crippen LogP contribution in [0.4, 0.5) is 9.18 Å². The van der Waals surface area contributed by atoms with E-state index < -0.39 is 24.4 Å². The third-order valence-corrected chi connectivity index (χ3v) is 1.54. The average molecular weight is 205 g/mol. The number of carbonyl (C=O) groups is 1. The number of alkyl halides is 1. The van der Waals surface area contributed by atoms with Gasteiger partial charge in [0, 0.05) is 0 Å². The van der Waals surface area contributed by atoms with Gasteiger partial charge in [0.15, 0.2) is 0 Å². The van der Waals surface area contributed by atoms with Crippen molar-refractivity contribution in [1.82, 2.24) is 5.32 Å². The van der Waals surface area contributed by atoms with Crippen LogP contribution in [-0.2, 0) is 4.74 Å². The maximum atomic E-state index is 12.4. The zero-order chi connectivity index (χ0) is 11.2. The molecule has 0 heterocycles. The van der Waals surface area contributed by atoms with E-state index in [-0.39, 0.29) is 0 Å². The number of alkyl carbamates (subject to hydrolysis) is 1. The van der Waals surface area contributed by atoms with E-state index in [1.165, 1.54) is 0 Å². The lowest BCUT2D eigenvalue weighted by Crippen LogP contribution is -2.40. The zero-order valence-electron chi connectivity index (χ0n) is 9.39. The predicted octanol–water partition coefficient (Wildman–Crippen LogP) is 2.65. The van der Waals surface area contributed by atoms with E-state index in [4.69, 9.17) is 4.74 Å². The second-order valence-corrected chi connectivity index (χ2v) is 4.29. The topological polar surface area (TPSA) is 38.3 Å². The molecule has 0 aliphatic heterocycles. The van der Waals surface area contributed by atoms with Gasteiger partial charge in [0.1, 0.15) is 12.3 Å². The maximum absolute atomic E-state index is 12.4. The van der Waals surface area contributed by atoms with E-state index in [2.05, 4.69) is 5.32 Å². The molecule has 0 aromatic carbocycles. The third kappa shape index (κ3) is 6.69. The minimum absolute atomic E-state index is 0.421. The van der Waals surface area contributed by atoms with E-state index in [1.54, 1.807) is 20.8 Å². The second kappa shape index (κ2) is 5.83. The van der Waals surface area contributed by atoms with Crippen molar-refractivity contribution in [2.24, 2.45) is 0 Å². The monoisotopic (exact) mass is 205 g/mol. The number of amides is 1. The van der Waals surface area contributed by atoms with Gasteiger partial charge in [-0.1, -0.05) is 13.3 Å². The van der Waals surface area contributed by atoms with Gasteiger partial charge >= 0.3 is 6.09 Å². The highest BCUT2D eigenvalue weighted by molar-refractivity contribution is 5.68. The summed E-state index contributed by atoms with van der Waals surface area (Å²) in [6.45, 7) is 6.72. The van der Waals surface area contributed by atoms with Crippen molar-refractivity contribution < 1.29 is 13.9 Å². The summed E-state index contributed by atoms with van der Waals surface area (Å²) in [4.78, 5) is 11.2. The standard InChI is InChI=1S/C10H20FNO2/c1-5-6-8(7-11)12-9(13)14-10(2,3)4/h8H,5-7H2,1-4H3,(H,12,13)/t8-/m0/s1. The quantitative estimate of drug-likeness (QED) is 0.766. The van der Waals surface area contributed by atoms with Crippen LogP contribution in [0.25, 0.3) is 0 Å². The molecule has 0 spiro atoms. The van der Waals surface area contributed by atoms with Crippen LogP contribution in [0.15, 0.2) is 0 Å². The molecule has 0 fully saturated rings. The highest BCUT2D eigenvalue weighted by Gasteiger charge is 2.18. The van der Waals surface area contributed by atoms with Crippen molar-refractivity contribution in [2.45, 2.75) is 52.2 Å². The number of hydrogen-bond donors (Lipinski definition) is 1. The predicted molar refractivity (Wildman–Crippen MR) is 54.0 cm³/mol. The number of nitrogens with one attached hydrogen (secondary N) is 1. The number of rotatable bonds is 4. The van der Waals surface area contributed by atoms with Gasteiger partial charge in [0.05, 0.1) is 6.04 Å². The Labute approximate surface area is 85.0 Å². The molecule has 0 unspecified atom stereocenters. The number of halogens is 1. The van der Waals surface area contributed by atoms with E-state index in [0.29, 0.717) is 6.42 Å². The van der Waals surface area contributed by atoms with Crippen LogP contribution in [0.2, 0.25) is 0 Å². The van der Waals surface area contributed by atoms with Crippen molar-refractivity contribution >= 4 is 6.09 Å². The Balaban J connectivity index is 3.91. The van der Waals surface area contributed by atoms with Gasteiger partial charge in [-0.2, -0.15) is 0 Å². The Morgan fingerprint density at radius 1 is 1.50 bits per heavy atom. The lowest BCUT2D eigenvalue weighted by atomic mass is 10.2. The summed E-state index contributed by atoms with van der Waals surface area (Å²) in [6, 6.07) is -0.421. The fraction of sp³-hybridized carbons (Fsp3) is 0.900. The molecule has 0 aromatic heterocycles. The smallest absolute Gasteiger partial charge is 0.407 e. The van der Waals surface area contributed by atoms with Crippen LogP contribution < -0.4 is 5.32 Å². The van der Waals surface area contributed by atoms with Crippen molar-refractivity contribution in [3.05, 3.63) is 0 Å². The Kier molecular flexibility index (Phi) is 5.50. The normalized spacial score (nSPS) is 13.5. The molecule has 0 aliphatic rings. The minimum Gasteiger partial charge on any atom is -0.444 e. The first kappa shape index (κ1) is 13.2. The van der Waals surface area contributed by atoms with Crippen molar-refractivity contribution in [3.63, 3.8) is 0 Å². The first-order valence-corrected chi connectivity index (χ1v) is 4.94. The highest BCUT2D eigenvalue weighted by Crippen LogP contribution is 2.07. The molecule has 0 saturated heterocycles. The molecule has 0 radical (unpaired) electrons. The van der Waals surface area contributed by atoms with Gasteiger partial charge in [-0.05, 0) is 27.2 Å². The fourth-order valence-electron chi connectivity index (χ4n) is 1.01. The fourth-order valence-corrected chi connectivity index (χ4v) is 1.01. The number of carbonyl (C=O) groups excluding carboxylic acids is 1. The summed E-state index contributed by atoms with van der Waals surface area (Å²) >= 11 is 0. The molecule has 1 amide bonds. The Bertz CT molecular complexity index is 177. The average Bonchev–Trinajstić information content (AvgIpc) is 2.00. The van der Waals surface area contributed by atoms with Gasteiger partial charge in [0.2, 0.25) is 0 Å². The molecular weight excluding hydrogens is 185 g/mol. The van der Waals surface area contributed by atoms with E-state index in [1.807, 2.05) is 6.92 Å². The van der Waals surface area contributed by atoms with Crippen LogP contribution >= 0.6 is 0 Å². The van der Waals surface area contributed by atoms with Crippen LogP contribution in [0.1, 0.15) is 40.5 Å². The summed E-state index contributed by atoms with van der Waals surface area (Å²) in [7, 11) is 0. The van der Waals surface area contributed by atoms with Crippen LogP contribution in [0.5, 0.6) is 0 Å². The molecule has 4 heteroatoms. The highest BCUT2D eigenvalue weighted by atomic mass is 19.1. The molecule has 14 heavy (non-hydrogen) atoms. The molecule has 0 aliphatic carbocycles. The molecular formula is C10H20FNO2. The summed E-state index contributed by atoms with van der Waals surface area (Å²) in [5.41, 5.74) is -0.531. The van der Waals surface area contributed by atoms with Gasteiger partial charge in [-0.15, -0.1) is 0 Å². The van der Waals surface area contributed by atoms with Crippen molar-refractivity contribution in [1.29, 1.82) is 0 Å². The third-order valence-electron chi connectivity index (χ3n) is 1.54. The molecule has 0 saturated carbocycles. The van der Waals surface area contributed by atoms with E-state index in [9.17, 15) is 9.18 Å². The first-order chi connectivity index (χ1) is 6.39. The Morgan fingerprint density at radius 3 is 2.43 bits per heavy atom. The van der Waals surface area contributed by atoms with Crippen molar-refractivity contribution in [2.75, 3.05) is 6.67 Å². The molecule has 1 atom stereocenters. The van der Waals surface area contributed by atoms with Gasteiger partial charge in [0.25, 0.3) is 0 Å². The molecule has 84 valence electrons. The summed E-state index contributed by atoms with van der Waals surface area (Å²) < 4.78 is 17.4. The minimum atomic E-state index is -0.549. The van der Waals surface area contributed by atoms with E-state index >= 15 is 0 Å². The maximum Gasteiger partial charge on any atom is 0.407 e. The van der Waals surface area contributed by atoms with Gasteiger partial charge < -0.3 is 10.1 Å². The summed E-state index contributed by atoms with van der Waals surface area (Å²) in [5, 5.41) is 2.49. The second-order valence-electron chi connectivity index (χ2n) is 4.29. The number of hydrogen-bond acceptors (Lipinski definition) is 2. The van der Waals surface area contributed by atoms with Crippen LogP contribution in [-0.4, -0.2) is 24.4 Å². The Morgan fingerprint density at radius 2 is 2.07 bits per heavy atom. The van der Waals surface area contributed by atoms with Gasteiger partial charge in [-0.25, -0.2) is 9.18 Å². The molecule has 1 N–H and O–H groups in total. The summed E-state index contributed by atoms with van der Waals surface area (Å²) in [5.74, 6) is 0. The molecule has 0 bridgehead atoms. The Hall–Kier alpha value is -0.800. The lowest BCUT2D eigenvalue weighted by Gasteiger charge is -2.22.